The number of benzene rings is 1. The van der Waals surface area contributed by atoms with Crippen molar-refractivity contribution in [1.29, 1.82) is 0 Å². The summed E-state index contributed by atoms with van der Waals surface area (Å²) in [6.45, 7) is 6.24. The molecule has 1 aromatic carbocycles. The Hall–Kier alpha value is -2.19. The highest BCUT2D eigenvalue weighted by molar-refractivity contribution is 7.92. The molecule has 0 unspecified atom stereocenters. The summed E-state index contributed by atoms with van der Waals surface area (Å²) < 4.78 is 24.5. The first-order chi connectivity index (χ1) is 13.6. The zero-order chi connectivity index (χ0) is 21.6. The molecule has 1 N–H and O–H groups in total. The molecule has 2 rings (SSSR count). The third-order valence-electron chi connectivity index (χ3n) is 4.57. The van der Waals surface area contributed by atoms with Gasteiger partial charge in [0.15, 0.2) is 9.84 Å². The van der Waals surface area contributed by atoms with Gasteiger partial charge in [-0.2, -0.15) is 11.3 Å². The number of nitrogens with zero attached hydrogens (tertiary/aromatic N) is 1. The van der Waals surface area contributed by atoms with Crippen LogP contribution in [-0.2, 0) is 26.0 Å². The Balaban J connectivity index is 1.81. The van der Waals surface area contributed by atoms with Crippen LogP contribution in [0, 0.1) is 20.8 Å². The average Bonchev–Trinajstić information content (AvgIpc) is 3.10. The first-order valence-electron chi connectivity index (χ1n) is 9.40. The van der Waals surface area contributed by atoms with E-state index >= 15 is 0 Å². The van der Waals surface area contributed by atoms with Gasteiger partial charge in [-0.25, -0.2) is 8.42 Å². The number of amides is 2. The summed E-state index contributed by atoms with van der Waals surface area (Å²) in [5, 5.41) is 6.70. The molecule has 0 radical (unpaired) electrons. The highest BCUT2D eigenvalue weighted by Crippen LogP contribution is 2.22. The van der Waals surface area contributed by atoms with Crippen molar-refractivity contribution in [3.05, 3.63) is 51.2 Å². The maximum Gasteiger partial charge on any atom is 0.237 e. The highest BCUT2D eigenvalue weighted by atomic mass is 32.2. The molecule has 2 aromatic rings. The maximum atomic E-state index is 12.3. The number of carbonyl (C=O) groups is 2. The number of rotatable bonds is 9. The minimum Gasteiger partial charge on any atom is -0.341 e. The van der Waals surface area contributed by atoms with E-state index in [-0.39, 0.29) is 24.5 Å². The summed E-state index contributed by atoms with van der Waals surface area (Å²) in [5.74, 6) is -1.39. The SMILES string of the molecule is Cc1cc(C)c(NC(=O)CCCS(=O)(=O)CC(=O)N(C)Cc2ccsc2)c(C)c1. The van der Waals surface area contributed by atoms with Crippen molar-refractivity contribution in [3.8, 4) is 0 Å². The highest BCUT2D eigenvalue weighted by Gasteiger charge is 2.20. The minimum absolute atomic E-state index is 0.0882. The van der Waals surface area contributed by atoms with E-state index < -0.39 is 21.5 Å². The zero-order valence-electron chi connectivity index (χ0n) is 17.3. The third kappa shape index (κ3) is 7.29. The van der Waals surface area contributed by atoms with Gasteiger partial charge in [0, 0.05) is 25.7 Å². The lowest BCUT2D eigenvalue weighted by atomic mass is 10.0. The second-order valence-corrected chi connectivity index (χ2v) is 10.4. The summed E-state index contributed by atoms with van der Waals surface area (Å²) in [4.78, 5) is 25.8. The fourth-order valence-corrected chi connectivity index (χ4v) is 5.13. The van der Waals surface area contributed by atoms with Crippen molar-refractivity contribution in [1.82, 2.24) is 4.90 Å². The van der Waals surface area contributed by atoms with Crippen LogP contribution in [-0.4, -0.2) is 43.7 Å². The van der Waals surface area contributed by atoms with E-state index in [0.717, 1.165) is 27.9 Å². The molecule has 158 valence electrons. The van der Waals surface area contributed by atoms with Gasteiger partial charge in [-0.1, -0.05) is 17.7 Å². The van der Waals surface area contributed by atoms with Crippen LogP contribution in [0.1, 0.15) is 35.1 Å². The van der Waals surface area contributed by atoms with E-state index in [2.05, 4.69) is 5.32 Å². The van der Waals surface area contributed by atoms with E-state index in [1.807, 2.05) is 49.7 Å². The molecule has 1 heterocycles. The number of sulfone groups is 1. The van der Waals surface area contributed by atoms with Gasteiger partial charge in [0.25, 0.3) is 0 Å². The average molecular weight is 437 g/mol. The van der Waals surface area contributed by atoms with Crippen molar-refractivity contribution >= 4 is 38.7 Å². The van der Waals surface area contributed by atoms with Crippen LogP contribution in [0.5, 0.6) is 0 Å². The molecule has 0 aliphatic rings. The van der Waals surface area contributed by atoms with Crippen LogP contribution in [0.3, 0.4) is 0 Å². The summed E-state index contributed by atoms with van der Waals surface area (Å²) in [7, 11) is -1.97. The minimum atomic E-state index is -3.56. The van der Waals surface area contributed by atoms with Gasteiger partial charge in [-0.15, -0.1) is 0 Å². The lowest BCUT2D eigenvalue weighted by Gasteiger charge is -2.16. The van der Waals surface area contributed by atoms with E-state index in [9.17, 15) is 18.0 Å². The van der Waals surface area contributed by atoms with Crippen LogP contribution in [0.15, 0.2) is 29.0 Å². The molecule has 2 amide bonds. The molecule has 0 bridgehead atoms. The van der Waals surface area contributed by atoms with Gasteiger partial charge >= 0.3 is 0 Å². The predicted octanol–water partition coefficient (Wildman–Crippen LogP) is 3.47. The molecule has 0 saturated carbocycles. The lowest BCUT2D eigenvalue weighted by Crippen LogP contribution is -2.33. The molecular formula is C21H28N2O4S2. The Morgan fingerprint density at radius 2 is 1.79 bits per heavy atom. The van der Waals surface area contributed by atoms with Crippen LogP contribution in [0.2, 0.25) is 0 Å². The largest absolute Gasteiger partial charge is 0.341 e. The predicted molar refractivity (Wildman–Crippen MR) is 118 cm³/mol. The third-order valence-corrected chi connectivity index (χ3v) is 6.90. The maximum absolute atomic E-state index is 12.3. The molecular weight excluding hydrogens is 408 g/mol. The molecule has 29 heavy (non-hydrogen) atoms. The second kappa shape index (κ2) is 10.0. The first kappa shape index (κ1) is 23.1. The Kier molecular flexibility index (Phi) is 7.98. The smallest absolute Gasteiger partial charge is 0.237 e. The van der Waals surface area contributed by atoms with E-state index in [1.54, 1.807) is 7.05 Å². The van der Waals surface area contributed by atoms with Gasteiger partial charge in [-0.05, 0) is 60.7 Å². The van der Waals surface area contributed by atoms with Crippen LogP contribution in [0.4, 0.5) is 5.69 Å². The van der Waals surface area contributed by atoms with E-state index in [0.29, 0.717) is 6.54 Å². The number of carbonyl (C=O) groups excluding carboxylic acids is 2. The topological polar surface area (TPSA) is 83.5 Å². The Morgan fingerprint density at radius 3 is 2.38 bits per heavy atom. The fourth-order valence-electron chi connectivity index (χ4n) is 3.15. The molecule has 6 nitrogen and oxygen atoms in total. The number of nitrogens with one attached hydrogen (secondary N) is 1. The Bertz CT molecular complexity index is 944. The van der Waals surface area contributed by atoms with Gasteiger partial charge < -0.3 is 10.2 Å². The van der Waals surface area contributed by atoms with Gasteiger partial charge in [0.05, 0.1) is 5.75 Å². The monoisotopic (exact) mass is 436 g/mol. The first-order valence-corrected chi connectivity index (χ1v) is 12.2. The normalized spacial score (nSPS) is 11.3. The zero-order valence-corrected chi connectivity index (χ0v) is 19.0. The second-order valence-electron chi connectivity index (χ2n) is 7.40. The Labute approximate surface area is 176 Å². The van der Waals surface area contributed by atoms with Gasteiger partial charge in [-0.3, -0.25) is 9.59 Å². The van der Waals surface area contributed by atoms with Crippen LogP contribution >= 0.6 is 11.3 Å². The van der Waals surface area contributed by atoms with Gasteiger partial charge in [0.1, 0.15) is 5.75 Å². The number of hydrogen-bond donors (Lipinski definition) is 1. The summed E-state index contributed by atoms with van der Waals surface area (Å²) in [6.07, 6.45) is 0.268. The molecule has 1 aromatic heterocycles. The molecule has 0 spiro atoms. The number of hydrogen-bond acceptors (Lipinski definition) is 5. The van der Waals surface area contributed by atoms with Crippen molar-refractivity contribution < 1.29 is 18.0 Å². The van der Waals surface area contributed by atoms with Crippen molar-refractivity contribution in [3.63, 3.8) is 0 Å². The van der Waals surface area contributed by atoms with Crippen molar-refractivity contribution in [2.75, 3.05) is 23.9 Å². The van der Waals surface area contributed by atoms with Crippen molar-refractivity contribution in [2.24, 2.45) is 0 Å². The molecule has 0 saturated heterocycles. The molecule has 0 fully saturated rings. The van der Waals surface area contributed by atoms with Crippen molar-refractivity contribution in [2.45, 2.75) is 40.2 Å². The standard InChI is InChI=1S/C21H28N2O4S2/c1-15-10-16(2)21(17(3)11-15)22-19(24)6-5-9-29(26,27)14-20(25)23(4)12-18-7-8-28-13-18/h7-8,10-11,13H,5-6,9,12,14H2,1-4H3,(H,22,24). The number of thiophene rings is 1. The van der Waals surface area contributed by atoms with Crippen LogP contribution < -0.4 is 5.32 Å². The summed E-state index contributed by atoms with van der Waals surface area (Å²) in [5.41, 5.74) is 4.82. The van der Waals surface area contributed by atoms with E-state index in [4.69, 9.17) is 0 Å². The molecule has 0 atom stereocenters. The molecule has 8 heteroatoms. The lowest BCUT2D eigenvalue weighted by molar-refractivity contribution is -0.127. The van der Waals surface area contributed by atoms with Crippen LogP contribution in [0.25, 0.3) is 0 Å². The molecule has 0 aliphatic heterocycles. The quantitative estimate of drug-likeness (QED) is 0.652. The summed E-state index contributed by atoms with van der Waals surface area (Å²) >= 11 is 1.53. The number of anilines is 1. The Morgan fingerprint density at radius 1 is 1.14 bits per heavy atom. The fraction of sp³-hybridized carbons (Fsp3) is 0.429. The molecule has 0 aliphatic carbocycles. The van der Waals surface area contributed by atoms with Gasteiger partial charge in [0.2, 0.25) is 11.8 Å². The summed E-state index contributed by atoms with van der Waals surface area (Å²) in [6, 6.07) is 5.88. The number of aryl methyl sites for hydroxylation is 3. The van der Waals surface area contributed by atoms with E-state index in [1.165, 1.54) is 16.2 Å².